The number of nitrogens with zero attached hydrogens (tertiary/aromatic N) is 3. The molecule has 1 fully saturated rings. The maximum atomic E-state index is 12.2. The zero-order chi connectivity index (χ0) is 17.3. The van der Waals surface area contributed by atoms with Gasteiger partial charge in [0.25, 0.3) is 0 Å². The number of rotatable bonds is 7. The van der Waals surface area contributed by atoms with Gasteiger partial charge in [-0.25, -0.2) is 13.1 Å². The van der Waals surface area contributed by atoms with Crippen LogP contribution in [0.4, 0.5) is 0 Å². The highest BCUT2D eigenvalue weighted by Crippen LogP contribution is 2.37. The molecule has 7 nitrogen and oxygen atoms in total. The molecule has 3 atom stereocenters. The van der Waals surface area contributed by atoms with E-state index in [1.807, 2.05) is 32.4 Å². The largest absolute Gasteiger partial charge is 0.393 e. The molecule has 0 aromatic carbocycles. The minimum absolute atomic E-state index is 0.0868. The molecule has 2 N–H and O–H groups in total. The van der Waals surface area contributed by atoms with Crippen molar-refractivity contribution in [3.8, 4) is 0 Å². The molecule has 0 saturated heterocycles. The third-order valence-corrected chi connectivity index (χ3v) is 6.64. The second-order valence-corrected chi connectivity index (χ2v) is 9.23. The second-order valence-electron chi connectivity index (χ2n) is 7.42. The van der Waals surface area contributed by atoms with E-state index >= 15 is 0 Å². The summed E-state index contributed by atoms with van der Waals surface area (Å²) in [4.78, 5) is 0. The molecular weight excluding hydrogens is 316 g/mol. The van der Waals surface area contributed by atoms with E-state index in [0.717, 1.165) is 12.2 Å². The fourth-order valence-electron chi connectivity index (χ4n) is 3.10. The molecule has 0 spiro atoms. The Labute approximate surface area is 138 Å². The van der Waals surface area contributed by atoms with Crippen molar-refractivity contribution >= 4 is 10.0 Å². The molecular formula is C15H28N4O3S. The van der Waals surface area contributed by atoms with Crippen LogP contribution in [0.1, 0.15) is 51.8 Å². The Hall–Kier alpha value is -0.990. The summed E-state index contributed by atoms with van der Waals surface area (Å²) >= 11 is 0. The van der Waals surface area contributed by atoms with Crippen molar-refractivity contribution in [2.75, 3.05) is 12.3 Å². The molecule has 0 bridgehead atoms. The summed E-state index contributed by atoms with van der Waals surface area (Å²) in [6.45, 7) is 6.15. The first-order valence-corrected chi connectivity index (χ1v) is 9.78. The molecule has 0 aliphatic heterocycles. The van der Waals surface area contributed by atoms with Crippen LogP contribution in [0.3, 0.4) is 0 Å². The highest BCUT2D eigenvalue weighted by Gasteiger charge is 2.36. The SMILES string of the molecule is CCC(C)(C)CS(=O)(=O)NC[C@H]1C[C@H](c2nncn2C)C[C@H]1O. The van der Waals surface area contributed by atoms with Gasteiger partial charge in [0, 0.05) is 19.5 Å². The lowest BCUT2D eigenvalue weighted by Gasteiger charge is -2.23. The monoisotopic (exact) mass is 344 g/mol. The number of nitrogens with one attached hydrogen (secondary N) is 1. The van der Waals surface area contributed by atoms with Crippen LogP contribution in [-0.2, 0) is 17.1 Å². The number of sulfonamides is 1. The van der Waals surface area contributed by atoms with Gasteiger partial charge in [-0.2, -0.15) is 0 Å². The van der Waals surface area contributed by atoms with E-state index < -0.39 is 16.1 Å². The molecule has 8 heteroatoms. The van der Waals surface area contributed by atoms with Crippen LogP contribution in [0.5, 0.6) is 0 Å². The van der Waals surface area contributed by atoms with E-state index in [-0.39, 0.29) is 29.5 Å². The van der Waals surface area contributed by atoms with Crippen molar-refractivity contribution < 1.29 is 13.5 Å². The van der Waals surface area contributed by atoms with Gasteiger partial charge in [0.05, 0.1) is 11.9 Å². The first kappa shape index (κ1) is 18.4. The maximum Gasteiger partial charge on any atom is 0.212 e. The Kier molecular flexibility index (Phi) is 5.48. The van der Waals surface area contributed by atoms with Crippen molar-refractivity contribution in [1.82, 2.24) is 19.5 Å². The molecule has 0 unspecified atom stereocenters. The van der Waals surface area contributed by atoms with Gasteiger partial charge in [-0.05, 0) is 30.6 Å². The van der Waals surface area contributed by atoms with Gasteiger partial charge in [0.2, 0.25) is 10.0 Å². The number of hydrogen-bond donors (Lipinski definition) is 2. The lowest BCUT2D eigenvalue weighted by Crippen LogP contribution is -2.37. The molecule has 132 valence electrons. The molecule has 1 aromatic heterocycles. The number of hydrogen-bond acceptors (Lipinski definition) is 5. The van der Waals surface area contributed by atoms with Gasteiger partial charge in [-0.1, -0.05) is 20.8 Å². The summed E-state index contributed by atoms with van der Waals surface area (Å²) in [5, 5.41) is 18.2. The van der Waals surface area contributed by atoms with Gasteiger partial charge in [-0.3, -0.25) is 0 Å². The van der Waals surface area contributed by atoms with Crippen molar-refractivity contribution in [3.05, 3.63) is 12.2 Å². The third kappa shape index (κ3) is 4.74. The molecule has 1 aliphatic rings. The number of aryl methyl sites for hydroxylation is 1. The quantitative estimate of drug-likeness (QED) is 0.770. The van der Waals surface area contributed by atoms with Crippen LogP contribution >= 0.6 is 0 Å². The molecule has 1 heterocycles. The van der Waals surface area contributed by atoms with Crippen LogP contribution in [0.15, 0.2) is 6.33 Å². The van der Waals surface area contributed by atoms with Crippen LogP contribution in [-0.4, -0.2) is 46.7 Å². The Morgan fingerprint density at radius 2 is 2.13 bits per heavy atom. The van der Waals surface area contributed by atoms with Crippen molar-refractivity contribution in [3.63, 3.8) is 0 Å². The van der Waals surface area contributed by atoms with Crippen LogP contribution < -0.4 is 4.72 Å². The zero-order valence-corrected chi connectivity index (χ0v) is 15.2. The normalized spacial score (nSPS) is 25.9. The standard InChI is InChI=1S/C15H28N4O3S/c1-5-15(2,3)9-23(21,22)17-8-12-6-11(7-13(12)20)14-18-16-10-19(14)4/h10-13,17,20H,5-9H2,1-4H3/t11-,12+,13+/m0/s1. The summed E-state index contributed by atoms with van der Waals surface area (Å²) in [7, 11) is -1.46. The van der Waals surface area contributed by atoms with Gasteiger partial charge >= 0.3 is 0 Å². The van der Waals surface area contributed by atoms with E-state index in [1.54, 1.807) is 6.33 Å². The van der Waals surface area contributed by atoms with Gasteiger partial charge in [-0.15, -0.1) is 10.2 Å². The predicted octanol–water partition coefficient (Wildman–Crippen LogP) is 1.03. The number of aliphatic hydroxyl groups is 1. The summed E-state index contributed by atoms with van der Waals surface area (Å²) in [6.07, 6.45) is 3.24. The summed E-state index contributed by atoms with van der Waals surface area (Å²) in [6, 6.07) is 0. The maximum absolute atomic E-state index is 12.2. The zero-order valence-electron chi connectivity index (χ0n) is 14.4. The minimum Gasteiger partial charge on any atom is -0.393 e. The summed E-state index contributed by atoms with van der Waals surface area (Å²) in [5.74, 6) is 0.989. The number of aromatic nitrogens is 3. The third-order valence-electron chi connectivity index (χ3n) is 4.87. The van der Waals surface area contributed by atoms with Gasteiger partial charge in [0.1, 0.15) is 12.2 Å². The Morgan fingerprint density at radius 3 is 2.70 bits per heavy atom. The lowest BCUT2D eigenvalue weighted by molar-refractivity contribution is 0.134. The molecule has 1 saturated carbocycles. The molecule has 1 aromatic rings. The van der Waals surface area contributed by atoms with Crippen molar-refractivity contribution in [2.24, 2.45) is 18.4 Å². The van der Waals surface area contributed by atoms with Gasteiger partial charge in [0.15, 0.2) is 0 Å². The highest BCUT2D eigenvalue weighted by molar-refractivity contribution is 7.89. The average Bonchev–Trinajstić information content (AvgIpc) is 3.01. The Bertz CT molecular complexity index is 626. The Balaban J connectivity index is 1.93. The first-order chi connectivity index (χ1) is 10.6. The summed E-state index contributed by atoms with van der Waals surface area (Å²) < 4.78 is 29.0. The van der Waals surface area contributed by atoms with Crippen molar-refractivity contribution in [2.45, 2.75) is 52.1 Å². The highest BCUT2D eigenvalue weighted by atomic mass is 32.2. The fourth-order valence-corrected chi connectivity index (χ4v) is 4.90. The van der Waals surface area contributed by atoms with Crippen LogP contribution in [0, 0.1) is 11.3 Å². The van der Waals surface area contributed by atoms with Gasteiger partial charge < -0.3 is 9.67 Å². The van der Waals surface area contributed by atoms with E-state index in [0.29, 0.717) is 12.8 Å². The average molecular weight is 344 g/mol. The lowest BCUT2D eigenvalue weighted by atomic mass is 9.93. The predicted molar refractivity (Wildman–Crippen MR) is 88.3 cm³/mol. The molecule has 23 heavy (non-hydrogen) atoms. The van der Waals surface area contributed by atoms with E-state index in [1.165, 1.54) is 0 Å². The molecule has 0 radical (unpaired) electrons. The van der Waals surface area contributed by atoms with E-state index in [2.05, 4.69) is 14.9 Å². The fraction of sp³-hybridized carbons (Fsp3) is 0.867. The molecule has 2 rings (SSSR count). The van der Waals surface area contributed by atoms with E-state index in [4.69, 9.17) is 0 Å². The van der Waals surface area contributed by atoms with Crippen LogP contribution in [0.2, 0.25) is 0 Å². The molecule has 1 aliphatic carbocycles. The Morgan fingerprint density at radius 1 is 1.43 bits per heavy atom. The first-order valence-electron chi connectivity index (χ1n) is 8.13. The summed E-state index contributed by atoms with van der Waals surface area (Å²) in [5.41, 5.74) is -0.249. The number of aliphatic hydroxyl groups excluding tert-OH is 1. The molecule has 0 amide bonds. The topological polar surface area (TPSA) is 97.1 Å². The van der Waals surface area contributed by atoms with Crippen LogP contribution in [0.25, 0.3) is 0 Å². The van der Waals surface area contributed by atoms with E-state index in [9.17, 15) is 13.5 Å². The van der Waals surface area contributed by atoms with Crippen molar-refractivity contribution in [1.29, 1.82) is 0 Å². The smallest absolute Gasteiger partial charge is 0.212 e. The second kappa shape index (κ2) is 6.86. The minimum atomic E-state index is -3.34.